The summed E-state index contributed by atoms with van der Waals surface area (Å²) in [6.45, 7) is 9.17. The van der Waals surface area contributed by atoms with Gasteiger partial charge in [0.15, 0.2) is 0 Å². The first-order valence-corrected chi connectivity index (χ1v) is 11.4. The molecule has 2 aromatic carbocycles. The van der Waals surface area contributed by atoms with E-state index in [1.165, 1.54) is 11.6 Å². The van der Waals surface area contributed by atoms with Crippen LogP contribution in [0.15, 0.2) is 30.3 Å². The molecule has 178 valence electrons. The maximum Gasteiger partial charge on any atom is 0.326 e. The number of anilines is 2. The van der Waals surface area contributed by atoms with E-state index in [0.717, 1.165) is 36.2 Å². The Morgan fingerprint density at radius 3 is 2.58 bits per heavy atom. The van der Waals surface area contributed by atoms with Crippen LogP contribution in [0.2, 0.25) is 0 Å². The highest BCUT2D eigenvalue weighted by Gasteiger charge is 2.25. The predicted molar refractivity (Wildman–Crippen MR) is 127 cm³/mol. The van der Waals surface area contributed by atoms with Crippen molar-refractivity contribution in [3.63, 3.8) is 0 Å². The van der Waals surface area contributed by atoms with Gasteiger partial charge in [-0.1, -0.05) is 18.2 Å². The van der Waals surface area contributed by atoms with Crippen LogP contribution < -0.4 is 10.2 Å². The summed E-state index contributed by atoms with van der Waals surface area (Å²) >= 11 is 0. The summed E-state index contributed by atoms with van der Waals surface area (Å²) < 4.78 is 19.9. The zero-order valence-electron chi connectivity index (χ0n) is 19.8. The zero-order valence-corrected chi connectivity index (χ0v) is 19.8. The molecular weight excluding hydrogens is 423 g/mol. The zero-order chi connectivity index (χ0) is 24.2. The number of hydrogen-bond donors (Lipinski definition) is 2. The highest BCUT2D eigenvalue weighted by molar-refractivity contribution is 5.78. The molecule has 33 heavy (non-hydrogen) atoms. The van der Waals surface area contributed by atoms with Crippen LogP contribution >= 0.6 is 0 Å². The van der Waals surface area contributed by atoms with Gasteiger partial charge in [0.1, 0.15) is 18.0 Å². The highest BCUT2D eigenvalue weighted by Crippen LogP contribution is 2.33. The van der Waals surface area contributed by atoms with E-state index in [4.69, 9.17) is 9.84 Å². The normalized spacial score (nSPS) is 13.4. The molecule has 0 aliphatic carbocycles. The lowest BCUT2D eigenvalue weighted by Crippen LogP contribution is -2.38. The summed E-state index contributed by atoms with van der Waals surface area (Å²) in [5.41, 5.74) is 4.98. The van der Waals surface area contributed by atoms with E-state index in [-0.39, 0.29) is 25.4 Å². The van der Waals surface area contributed by atoms with Gasteiger partial charge >= 0.3 is 11.9 Å². The number of ether oxygens (including phenoxy) is 1. The Balaban J connectivity index is 1.72. The van der Waals surface area contributed by atoms with Gasteiger partial charge in [-0.25, -0.2) is 4.39 Å². The van der Waals surface area contributed by atoms with Gasteiger partial charge in [-0.3, -0.25) is 9.59 Å². The lowest BCUT2D eigenvalue weighted by atomic mass is 9.94. The van der Waals surface area contributed by atoms with E-state index in [2.05, 4.69) is 29.3 Å². The molecule has 0 spiro atoms. The number of carbonyl (C=O) groups is 2. The summed E-state index contributed by atoms with van der Waals surface area (Å²) in [6.07, 6.45) is 2.02. The Kier molecular flexibility index (Phi) is 7.61. The van der Waals surface area contributed by atoms with Crippen LogP contribution in [0.25, 0.3) is 0 Å². The number of nitrogens with one attached hydrogen (secondary N) is 1. The van der Waals surface area contributed by atoms with Gasteiger partial charge in [0.25, 0.3) is 0 Å². The number of halogens is 1. The molecule has 0 bridgehead atoms. The third kappa shape index (κ3) is 6.70. The van der Waals surface area contributed by atoms with Gasteiger partial charge in [-0.2, -0.15) is 0 Å². The minimum absolute atomic E-state index is 0.0994. The smallest absolute Gasteiger partial charge is 0.326 e. The van der Waals surface area contributed by atoms with Crippen molar-refractivity contribution in [2.24, 2.45) is 0 Å². The third-order valence-corrected chi connectivity index (χ3v) is 5.70. The number of aliphatic carboxylic acids is 1. The number of carbonyl (C=O) groups excluding carboxylic acids is 1. The average Bonchev–Trinajstić information content (AvgIpc) is 2.71. The molecule has 6 nitrogen and oxygen atoms in total. The maximum atomic E-state index is 14.3. The summed E-state index contributed by atoms with van der Waals surface area (Å²) in [5.74, 6) is -1.59. The minimum Gasteiger partial charge on any atom is -0.481 e. The van der Waals surface area contributed by atoms with Crippen molar-refractivity contribution < 1.29 is 23.8 Å². The molecule has 0 amide bonds. The molecule has 7 heteroatoms. The quantitative estimate of drug-likeness (QED) is 0.553. The van der Waals surface area contributed by atoms with Crippen LogP contribution in [0.3, 0.4) is 0 Å². The molecule has 0 saturated heterocycles. The highest BCUT2D eigenvalue weighted by atomic mass is 19.1. The molecule has 0 radical (unpaired) electrons. The van der Waals surface area contributed by atoms with Crippen LogP contribution in [0, 0.1) is 12.7 Å². The first-order chi connectivity index (χ1) is 15.5. The van der Waals surface area contributed by atoms with E-state index >= 15 is 0 Å². The number of fused-ring (bicyclic) bond motifs is 1. The largest absolute Gasteiger partial charge is 0.481 e. The van der Waals surface area contributed by atoms with Crippen LogP contribution in [0.1, 0.15) is 55.9 Å². The fourth-order valence-electron chi connectivity index (χ4n) is 4.19. The van der Waals surface area contributed by atoms with Gasteiger partial charge in [0.05, 0.1) is 0 Å². The van der Waals surface area contributed by atoms with Crippen LogP contribution in [-0.4, -0.2) is 35.7 Å². The molecule has 0 fully saturated rings. The van der Waals surface area contributed by atoms with E-state index in [1.807, 2.05) is 20.8 Å². The second kappa shape index (κ2) is 10.2. The first kappa shape index (κ1) is 24.6. The molecule has 1 aliphatic rings. The first-order valence-electron chi connectivity index (χ1n) is 11.4. The molecular formula is C26H33FN2O4. The number of benzene rings is 2. The molecule has 3 rings (SSSR count). The lowest BCUT2D eigenvalue weighted by Gasteiger charge is -2.34. The summed E-state index contributed by atoms with van der Waals surface area (Å²) in [5, 5.41) is 12.1. The van der Waals surface area contributed by atoms with E-state index in [0.29, 0.717) is 17.8 Å². The van der Waals surface area contributed by atoms with E-state index in [9.17, 15) is 14.0 Å². The number of esters is 1. The standard InChI is InChI=1S/C26H33FN2O4/c1-17-20(15-28-21-11-9-18(22(27)14-21)10-12-23(30)31)8-7-19-6-5-13-29(25(17)19)16-24(32)33-26(2,3)4/h7-9,11,14,28H,5-6,10,12-13,15-16H2,1-4H3,(H,30,31). The van der Waals surface area contributed by atoms with Gasteiger partial charge < -0.3 is 20.1 Å². The van der Waals surface area contributed by atoms with Crippen molar-refractivity contribution >= 4 is 23.3 Å². The Labute approximate surface area is 194 Å². The van der Waals surface area contributed by atoms with Gasteiger partial charge in [0, 0.05) is 30.9 Å². The van der Waals surface area contributed by atoms with Crippen LogP contribution in [0.5, 0.6) is 0 Å². The molecule has 1 heterocycles. The van der Waals surface area contributed by atoms with E-state index < -0.39 is 17.4 Å². The molecule has 2 N–H and O–H groups in total. The summed E-state index contributed by atoms with van der Waals surface area (Å²) in [7, 11) is 0. The van der Waals surface area contributed by atoms with Crippen molar-refractivity contribution in [1.82, 2.24) is 0 Å². The number of rotatable bonds is 8. The fraction of sp³-hybridized carbons (Fsp3) is 0.462. The van der Waals surface area contributed by atoms with Gasteiger partial charge in [-0.15, -0.1) is 0 Å². The second-order valence-electron chi connectivity index (χ2n) is 9.52. The Hall–Kier alpha value is -3.09. The summed E-state index contributed by atoms with van der Waals surface area (Å²) in [6, 6.07) is 8.98. The fourth-order valence-corrected chi connectivity index (χ4v) is 4.19. The topological polar surface area (TPSA) is 78.9 Å². The Morgan fingerprint density at radius 1 is 1.18 bits per heavy atom. The molecule has 2 aromatic rings. The Bertz CT molecular complexity index is 1030. The molecule has 1 aliphatic heterocycles. The number of carboxylic acids is 1. The second-order valence-corrected chi connectivity index (χ2v) is 9.52. The third-order valence-electron chi connectivity index (χ3n) is 5.70. The van der Waals surface area contributed by atoms with Crippen molar-refractivity contribution in [1.29, 1.82) is 0 Å². The minimum atomic E-state index is -0.944. The number of nitrogens with zero attached hydrogens (tertiary/aromatic N) is 1. The maximum absolute atomic E-state index is 14.3. The van der Waals surface area contributed by atoms with E-state index in [1.54, 1.807) is 12.1 Å². The van der Waals surface area contributed by atoms with Crippen LogP contribution in [0.4, 0.5) is 15.8 Å². The van der Waals surface area contributed by atoms with Crippen LogP contribution in [-0.2, 0) is 33.7 Å². The molecule has 0 saturated carbocycles. The summed E-state index contributed by atoms with van der Waals surface area (Å²) in [4.78, 5) is 25.3. The number of hydrogen-bond acceptors (Lipinski definition) is 5. The Morgan fingerprint density at radius 2 is 1.91 bits per heavy atom. The molecule has 0 unspecified atom stereocenters. The van der Waals surface area contributed by atoms with Crippen molar-refractivity contribution in [2.75, 3.05) is 23.3 Å². The monoisotopic (exact) mass is 456 g/mol. The average molecular weight is 457 g/mol. The number of carboxylic acid groups (broad SMARTS) is 1. The van der Waals surface area contributed by atoms with Crippen molar-refractivity contribution in [3.8, 4) is 0 Å². The number of aryl methyl sites for hydroxylation is 2. The van der Waals surface area contributed by atoms with Gasteiger partial charge in [-0.05, 0) is 81.3 Å². The molecule has 0 aromatic heterocycles. The SMILES string of the molecule is Cc1c(CNc2ccc(CCC(=O)O)c(F)c2)ccc2c1N(CC(=O)OC(C)(C)C)CCC2. The van der Waals surface area contributed by atoms with Crippen molar-refractivity contribution in [2.45, 2.75) is 65.5 Å². The molecule has 0 atom stereocenters. The lowest BCUT2D eigenvalue weighted by molar-refractivity contribution is -0.153. The van der Waals surface area contributed by atoms with Crippen molar-refractivity contribution in [3.05, 3.63) is 58.4 Å². The predicted octanol–water partition coefficient (Wildman–Crippen LogP) is 4.86. The van der Waals surface area contributed by atoms with Gasteiger partial charge in [0.2, 0.25) is 0 Å².